The Morgan fingerprint density at radius 2 is 1.94 bits per heavy atom. The summed E-state index contributed by atoms with van der Waals surface area (Å²) in [7, 11) is 0. The van der Waals surface area contributed by atoms with Gasteiger partial charge in [0, 0.05) is 18.0 Å². The summed E-state index contributed by atoms with van der Waals surface area (Å²) in [5.41, 5.74) is 1.41. The average Bonchev–Trinajstić information content (AvgIpc) is 2.75. The van der Waals surface area contributed by atoms with E-state index in [-0.39, 0.29) is 5.82 Å². The van der Waals surface area contributed by atoms with Crippen LogP contribution < -0.4 is 0 Å². The van der Waals surface area contributed by atoms with Crippen LogP contribution in [0.4, 0.5) is 4.39 Å². The molecule has 1 aromatic carbocycles. The summed E-state index contributed by atoms with van der Waals surface area (Å²) < 4.78 is 14.5. The van der Waals surface area contributed by atoms with E-state index in [1.807, 2.05) is 0 Å². The lowest BCUT2D eigenvalue weighted by Crippen LogP contribution is -1.95. The molecule has 17 heavy (non-hydrogen) atoms. The Morgan fingerprint density at radius 3 is 2.59 bits per heavy atom. The number of halogens is 1. The van der Waals surface area contributed by atoms with Crippen molar-refractivity contribution in [3.63, 3.8) is 0 Å². The first kappa shape index (κ1) is 11.1. The summed E-state index contributed by atoms with van der Waals surface area (Å²) in [6.07, 6.45) is 4.02. The molecule has 0 saturated carbocycles. The molecule has 0 unspecified atom stereocenters. The second-order valence-corrected chi connectivity index (χ2v) is 3.38. The minimum absolute atomic E-state index is 0.316. The smallest absolute Gasteiger partial charge is 0.236 e. The van der Waals surface area contributed by atoms with Crippen LogP contribution in [0.15, 0.2) is 48.8 Å². The maximum Gasteiger partial charge on any atom is 0.236 e. The number of rotatable bonds is 3. The normalized spacial score (nSPS) is 10.9. The van der Waals surface area contributed by atoms with Crippen molar-refractivity contribution in [2.75, 3.05) is 0 Å². The Balaban J connectivity index is 2.36. The van der Waals surface area contributed by atoms with Crippen molar-refractivity contribution in [3.05, 3.63) is 70.4 Å². The topological polar surface area (TPSA) is 48.1 Å². The Kier molecular flexibility index (Phi) is 3.00. The third-order valence-corrected chi connectivity index (χ3v) is 2.25. The lowest BCUT2D eigenvalue weighted by atomic mass is 10.3. The van der Waals surface area contributed by atoms with Crippen LogP contribution >= 0.6 is 0 Å². The SMILES string of the molecule is O=[N+]([O-])/C=C/c1cccn1-c1ccc(F)cc1. The first-order chi connectivity index (χ1) is 8.16. The maximum absolute atomic E-state index is 12.8. The lowest BCUT2D eigenvalue weighted by molar-refractivity contribution is -0.401. The molecule has 5 heteroatoms. The van der Waals surface area contributed by atoms with Gasteiger partial charge >= 0.3 is 0 Å². The van der Waals surface area contributed by atoms with Gasteiger partial charge in [0.25, 0.3) is 0 Å². The van der Waals surface area contributed by atoms with Crippen LogP contribution in [-0.2, 0) is 0 Å². The van der Waals surface area contributed by atoms with E-state index in [2.05, 4.69) is 0 Å². The highest BCUT2D eigenvalue weighted by molar-refractivity contribution is 5.49. The molecule has 1 aromatic heterocycles. The van der Waals surface area contributed by atoms with Gasteiger partial charge in [-0.1, -0.05) is 0 Å². The predicted molar refractivity (Wildman–Crippen MR) is 61.8 cm³/mol. The number of nitro groups is 1. The molecular formula is C12H9FN2O2. The molecule has 86 valence electrons. The van der Waals surface area contributed by atoms with Crippen molar-refractivity contribution in [2.24, 2.45) is 0 Å². The minimum Gasteiger partial charge on any atom is -0.317 e. The summed E-state index contributed by atoms with van der Waals surface area (Å²) in [4.78, 5) is 9.72. The zero-order valence-corrected chi connectivity index (χ0v) is 8.79. The molecule has 4 nitrogen and oxygen atoms in total. The number of hydrogen-bond acceptors (Lipinski definition) is 2. The van der Waals surface area contributed by atoms with Crippen molar-refractivity contribution in [3.8, 4) is 5.69 Å². The fourth-order valence-corrected chi connectivity index (χ4v) is 1.50. The molecule has 2 rings (SSSR count). The van der Waals surface area contributed by atoms with Crippen molar-refractivity contribution >= 4 is 6.08 Å². The maximum atomic E-state index is 12.8. The molecule has 0 radical (unpaired) electrons. The highest BCUT2D eigenvalue weighted by atomic mass is 19.1. The van der Waals surface area contributed by atoms with Gasteiger partial charge in [0.05, 0.1) is 10.6 Å². The van der Waals surface area contributed by atoms with Gasteiger partial charge in [-0.15, -0.1) is 0 Å². The van der Waals surface area contributed by atoms with Gasteiger partial charge in [0.15, 0.2) is 0 Å². The van der Waals surface area contributed by atoms with E-state index in [9.17, 15) is 14.5 Å². The van der Waals surface area contributed by atoms with E-state index in [1.165, 1.54) is 18.2 Å². The molecule has 2 aromatic rings. The van der Waals surface area contributed by atoms with Crippen molar-refractivity contribution in [2.45, 2.75) is 0 Å². The molecule has 0 aliphatic carbocycles. The first-order valence-corrected chi connectivity index (χ1v) is 4.92. The minimum atomic E-state index is -0.526. The fourth-order valence-electron chi connectivity index (χ4n) is 1.50. The van der Waals surface area contributed by atoms with Crippen molar-refractivity contribution in [1.82, 2.24) is 4.57 Å². The molecule has 0 aliphatic heterocycles. The molecule has 0 spiro atoms. The zero-order chi connectivity index (χ0) is 12.3. The number of benzene rings is 1. The molecule has 0 amide bonds. The molecule has 1 heterocycles. The van der Waals surface area contributed by atoms with E-state index in [0.717, 1.165) is 11.9 Å². The molecule has 0 saturated heterocycles. The van der Waals surface area contributed by atoms with E-state index >= 15 is 0 Å². The summed E-state index contributed by atoms with van der Waals surface area (Å²) in [5.74, 6) is -0.316. The highest BCUT2D eigenvalue weighted by Crippen LogP contribution is 2.14. The van der Waals surface area contributed by atoms with Crippen LogP contribution in [0.25, 0.3) is 11.8 Å². The Labute approximate surface area is 96.8 Å². The predicted octanol–water partition coefficient (Wildman–Crippen LogP) is 2.86. The van der Waals surface area contributed by atoms with Crippen LogP contribution in [-0.4, -0.2) is 9.49 Å². The molecule has 0 N–H and O–H groups in total. The molecule has 0 fully saturated rings. The van der Waals surface area contributed by atoms with Gasteiger partial charge in [-0.05, 0) is 36.4 Å². The van der Waals surface area contributed by atoms with Gasteiger partial charge in [-0.2, -0.15) is 0 Å². The van der Waals surface area contributed by atoms with Crippen molar-refractivity contribution in [1.29, 1.82) is 0 Å². The van der Waals surface area contributed by atoms with Gasteiger partial charge in [0.2, 0.25) is 6.20 Å². The number of nitrogens with zero attached hydrogens (tertiary/aromatic N) is 2. The van der Waals surface area contributed by atoms with Gasteiger partial charge < -0.3 is 4.57 Å². The van der Waals surface area contributed by atoms with Crippen molar-refractivity contribution < 1.29 is 9.31 Å². The standard InChI is InChI=1S/C12H9FN2O2/c13-10-3-5-12(6-4-10)14-8-1-2-11(14)7-9-15(16)17/h1-9H/b9-7+. The van der Waals surface area contributed by atoms with Gasteiger partial charge in [-0.3, -0.25) is 10.1 Å². The van der Waals surface area contributed by atoms with Crippen LogP contribution in [0.2, 0.25) is 0 Å². The average molecular weight is 232 g/mol. The van der Waals surface area contributed by atoms with Gasteiger partial charge in [0.1, 0.15) is 5.82 Å². The Hall–Kier alpha value is -2.43. The third kappa shape index (κ3) is 2.57. The van der Waals surface area contributed by atoms with E-state index < -0.39 is 4.92 Å². The number of aromatic nitrogens is 1. The zero-order valence-electron chi connectivity index (χ0n) is 8.79. The Morgan fingerprint density at radius 1 is 1.24 bits per heavy atom. The van der Waals surface area contributed by atoms with Crippen LogP contribution in [0.1, 0.15) is 5.69 Å². The monoisotopic (exact) mass is 232 g/mol. The van der Waals surface area contributed by atoms with E-state index in [1.54, 1.807) is 35.0 Å². The fraction of sp³-hybridized carbons (Fsp3) is 0. The molecule has 0 aliphatic rings. The quantitative estimate of drug-likeness (QED) is 0.603. The summed E-state index contributed by atoms with van der Waals surface area (Å²) in [6, 6.07) is 9.41. The third-order valence-electron chi connectivity index (χ3n) is 2.25. The van der Waals surface area contributed by atoms with E-state index in [0.29, 0.717) is 5.69 Å². The largest absolute Gasteiger partial charge is 0.317 e. The van der Waals surface area contributed by atoms with E-state index in [4.69, 9.17) is 0 Å². The molecule has 0 bridgehead atoms. The highest BCUT2D eigenvalue weighted by Gasteiger charge is 2.01. The lowest BCUT2D eigenvalue weighted by Gasteiger charge is -2.05. The number of hydrogen-bond donors (Lipinski definition) is 0. The van der Waals surface area contributed by atoms with Crippen LogP contribution in [0, 0.1) is 15.9 Å². The van der Waals surface area contributed by atoms with Crippen LogP contribution in [0.3, 0.4) is 0 Å². The van der Waals surface area contributed by atoms with Crippen LogP contribution in [0.5, 0.6) is 0 Å². The molecule has 0 atom stereocenters. The summed E-state index contributed by atoms with van der Waals surface area (Å²) in [6.45, 7) is 0. The van der Waals surface area contributed by atoms with Gasteiger partial charge in [-0.25, -0.2) is 4.39 Å². The Bertz CT molecular complexity index is 558. The molecular weight excluding hydrogens is 223 g/mol. The first-order valence-electron chi connectivity index (χ1n) is 4.92. The summed E-state index contributed by atoms with van der Waals surface area (Å²) in [5, 5.41) is 10.2. The summed E-state index contributed by atoms with van der Waals surface area (Å²) >= 11 is 0. The second kappa shape index (κ2) is 4.61. The second-order valence-electron chi connectivity index (χ2n) is 3.38.